The van der Waals surface area contributed by atoms with Crippen LogP contribution in [0.25, 0.3) is 0 Å². The van der Waals surface area contributed by atoms with E-state index in [0.29, 0.717) is 17.3 Å². The minimum Gasteiger partial charge on any atom is -0.313 e. The fourth-order valence-electron chi connectivity index (χ4n) is 1.68. The number of rotatable bonds is 8. The first-order valence-corrected chi connectivity index (χ1v) is 8.66. The van der Waals surface area contributed by atoms with Gasteiger partial charge in [0.25, 0.3) is 10.0 Å². The van der Waals surface area contributed by atoms with Gasteiger partial charge in [-0.1, -0.05) is 20.8 Å². The predicted molar refractivity (Wildman–Crippen MR) is 76.4 cm³/mol. The SMILES string of the molecule is CCCN(CC)S(=O)(=O)c1cc(CNCC)cs1. The molecule has 0 atom stereocenters. The number of sulfonamides is 1. The van der Waals surface area contributed by atoms with Crippen LogP contribution in [-0.2, 0) is 16.6 Å². The van der Waals surface area contributed by atoms with Gasteiger partial charge >= 0.3 is 0 Å². The van der Waals surface area contributed by atoms with Crippen molar-refractivity contribution in [2.45, 2.75) is 37.9 Å². The molecule has 0 saturated heterocycles. The van der Waals surface area contributed by atoms with Crippen molar-refractivity contribution < 1.29 is 8.42 Å². The van der Waals surface area contributed by atoms with Crippen molar-refractivity contribution in [3.05, 3.63) is 17.0 Å². The zero-order valence-corrected chi connectivity index (χ0v) is 12.9. The van der Waals surface area contributed by atoms with E-state index in [9.17, 15) is 8.42 Å². The van der Waals surface area contributed by atoms with E-state index in [1.807, 2.05) is 26.2 Å². The third-order valence-corrected chi connectivity index (χ3v) is 6.07. The molecule has 0 aliphatic rings. The lowest BCUT2D eigenvalue weighted by Crippen LogP contribution is -2.31. The van der Waals surface area contributed by atoms with Gasteiger partial charge in [0.2, 0.25) is 0 Å². The molecule has 1 N–H and O–H groups in total. The largest absolute Gasteiger partial charge is 0.313 e. The summed E-state index contributed by atoms with van der Waals surface area (Å²) >= 11 is 1.31. The van der Waals surface area contributed by atoms with Crippen LogP contribution in [0.4, 0.5) is 0 Å². The number of hydrogen-bond acceptors (Lipinski definition) is 4. The maximum absolute atomic E-state index is 12.4. The maximum Gasteiger partial charge on any atom is 0.252 e. The molecule has 0 saturated carbocycles. The second-order valence-corrected chi connectivity index (χ2v) is 7.13. The summed E-state index contributed by atoms with van der Waals surface area (Å²) in [4.78, 5) is 0. The van der Waals surface area contributed by atoms with E-state index < -0.39 is 10.0 Å². The van der Waals surface area contributed by atoms with E-state index in [1.54, 1.807) is 6.07 Å². The van der Waals surface area contributed by atoms with E-state index in [-0.39, 0.29) is 0 Å². The number of nitrogens with one attached hydrogen (secondary N) is 1. The molecule has 0 spiro atoms. The normalized spacial score (nSPS) is 12.2. The van der Waals surface area contributed by atoms with Crippen molar-refractivity contribution in [2.24, 2.45) is 0 Å². The molecule has 0 amide bonds. The van der Waals surface area contributed by atoms with E-state index in [1.165, 1.54) is 15.6 Å². The molecule has 18 heavy (non-hydrogen) atoms. The fraction of sp³-hybridized carbons (Fsp3) is 0.667. The highest BCUT2D eigenvalue weighted by Crippen LogP contribution is 2.24. The van der Waals surface area contributed by atoms with Crippen molar-refractivity contribution in [3.8, 4) is 0 Å². The highest BCUT2D eigenvalue weighted by molar-refractivity contribution is 7.91. The highest BCUT2D eigenvalue weighted by atomic mass is 32.2. The van der Waals surface area contributed by atoms with Crippen LogP contribution in [0, 0.1) is 0 Å². The molecule has 0 aliphatic carbocycles. The van der Waals surface area contributed by atoms with Crippen molar-refractivity contribution in [1.82, 2.24) is 9.62 Å². The average molecular weight is 290 g/mol. The molecule has 0 bridgehead atoms. The Morgan fingerprint density at radius 3 is 2.61 bits per heavy atom. The highest BCUT2D eigenvalue weighted by Gasteiger charge is 2.23. The predicted octanol–water partition coefficient (Wildman–Crippen LogP) is 2.28. The quantitative estimate of drug-likeness (QED) is 0.799. The Hall–Kier alpha value is -0.430. The summed E-state index contributed by atoms with van der Waals surface area (Å²) in [5.74, 6) is 0. The standard InChI is InChI=1S/C12H22N2O2S2/c1-4-7-14(6-3)18(15,16)12-8-11(10-17-12)9-13-5-2/h8,10,13H,4-7,9H2,1-3H3. The Morgan fingerprint density at radius 1 is 1.33 bits per heavy atom. The molecule has 104 valence electrons. The van der Waals surface area contributed by atoms with Gasteiger partial charge in [0.05, 0.1) is 0 Å². The first-order valence-electron chi connectivity index (χ1n) is 6.34. The molecule has 4 nitrogen and oxygen atoms in total. The van der Waals surface area contributed by atoms with Crippen molar-refractivity contribution >= 4 is 21.4 Å². The Balaban J connectivity index is 2.87. The molecule has 6 heteroatoms. The molecule has 0 fully saturated rings. The van der Waals surface area contributed by atoms with Crippen LogP contribution in [0.1, 0.15) is 32.8 Å². The van der Waals surface area contributed by atoms with Gasteiger partial charge in [0, 0.05) is 19.6 Å². The van der Waals surface area contributed by atoms with Crippen LogP contribution in [-0.4, -0.2) is 32.4 Å². The minimum absolute atomic E-state index is 0.450. The third kappa shape index (κ3) is 3.78. The van der Waals surface area contributed by atoms with Gasteiger partial charge in [-0.2, -0.15) is 4.31 Å². The summed E-state index contributed by atoms with van der Waals surface area (Å²) in [7, 11) is -3.29. The van der Waals surface area contributed by atoms with Crippen molar-refractivity contribution in [3.63, 3.8) is 0 Å². The van der Waals surface area contributed by atoms with Crippen LogP contribution in [0.3, 0.4) is 0 Å². The summed E-state index contributed by atoms with van der Waals surface area (Å²) in [6.45, 7) is 8.61. The first kappa shape index (κ1) is 15.6. The number of thiophene rings is 1. The summed E-state index contributed by atoms with van der Waals surface area (Å²) in [6.07, 6.45) is 0.836. The molecular formula is C12H22N2O2S2. The zero-order chi connectivity index (χ0) is 13.6. The summed E-state index contributed by atoms with van der Waals surface area (Å²) < 4.78 is 26.7. The topological polar surface area (TPSA) is 49.4 Å². The van der Waals surface area contributed by atoms with Gasteiger partial charge < -0.3 is 5.32 Å². The monoisotopic (exact) mass is 290 g/mol. The molecule has 1 heterocycles. The Bertz CT molecular complexity index is 454. The zero-order valence-electron chi connectivity index (χ0n) is 11.3. The van der Waals surface area contributed by atoms with E-state index in [4.69, 9.17) is 0 Å². The van der Waals surface area contributed by atoms with Gasteiger partial charge in [0.15, 0.2) is 0 Å². The lowest BCUT2D eigenvalue weighted by atomic mass is 10.3. The number of nitrogens with zero attached hydrogens (tertiary/aromatic N) is 1. The van der Waals surface area contributed by atoms with E-state index in [2.05, 4.69) is 5.32 Å². The Kier molecular flexibility index (Phi) is 6.28. The molecule has 1 rings (SSSR count). The molecule has 0 aliphatic heterocycles. The second-order valence-electron chi connectivity index (χ2n) is 4.05. The van der Waals surface area contributed by atoms with Crippen molar-refractivity contribution in [1.29, 1.82) is 0 Å². The summed E-state index contributed by atoms with van der Waals surface area (Å²) in [5, 5.41) is 5.11. The molecule has 0 radical (unpaired) electrons. The van der Waals surface area contributed by atoms with Crippen LogP contribution in [0.15, 0.2) is 15.7 Å². The minimum atomic E-state index is -3.29. The molecular weight excluding hydrogens is 268 g/mol. The number of hydrogen-bond donors (Lipinski definition) is 1. The summed E-state index contributed by atoms with van der Waals surface area (Å²) in [6, 6.07) is 1.78. The second kappa shape index (κ2) is 7.23. The van der Waals surface area contributed by atoms with Crippen LogP contribution < -0.4 is 5.32 Å². The molecule has 1 aromatic heterocycles. The lowest BCUT2D eigenvalue weighted by molar-refractivity contribution is 0.428. The smallest absolute Gasteiger partial charge is 0.252 e. The van der Waals surface area contributed by atoms with Gasteiger partial charge in [-0.3, -0.25) is 0 Å². The van der Waals surface area contributed by atoms with Crippen LogP contribution in [0.5, 0.6) is 0 Å². The molecule has 0 unspecified atom stereocenters. The average Bonchev–Trinajstić information content (AvgIpc) is 2.82. The molecule has 0 aromatic carbocycles. The van der Waals surface area contributed by atoms with E-state index >= 15 is 0 Å². The van der Waals surface area contributed by atoms with Crippen molar-refractivity contribution in [2.75, 3.05) is 19.6 Å². The lowest BCUT2D eigenvalue weighted by Gasteiger charge is -2.18. The fourth-order valence-corrected chi connectivity index (χ4v) is 4.58. The third-order valence-electron chi connectivity index (χ3n) is 2.63. The van der Waals surface area contributed by atoms with Gasteiger partial charge in [-0.15, -0.1) is 11.3 Å². The van der Waals surface area contributed by atoms with Gasteiger partial charge in [0.1, 0.15) is 4.21 Å². The van der Waals surface area contributed by atoms with Gasteiger partial charge in [-0.25, -0.2) is 8.42 Å². The van der Waals surface area contributed by atoms with Gasteiger partial charge in [-0.05, 0) is 30.0 Å². The van der Waals surface area contributed by atoms with Crippen LogP contribution >= 0.6 is 11.3 Å². The maximum atomic E-state index is 12.4. The Morgan fingerprint density at radius 2 is 2.06 bits per heavy atom. The summed E-state index contributed by atoms with van der Waals surface area (Å²) in [5.41, 5.74) is 1.04. The van der Waals surface area contributed by atoms with E-state index in [0.717, 1.165) is 25.1 Å². The molecule has 1 aromatic rings. The first-order chi connectivity index (χ1) is 8.56. The Labute approximate surface area is 114 Å². The van der Waals surface area contributed by atoms with Crippen LogP contribution in [0.2, 0.25) is 0 Å².